The van der Waals surface area contributed by atoms with Crippen LogP contribution in [0.5, 0.6) is 0 Å². The Hall–Kier alpha value is -1.41. The number of nitrogens with zero attached hydrogens (tertiary/aromatic N) is 1. The first-order valence-electron chi connectivity index (χ1n) is 4.71. The first kappa shape index (κ1) is 6.96. The number of aromatic nitrogens is 1. The second-order valence-electron chi connectivity index (χ2n) is 3.70. The van der Waals surface area contributed by atoms with Crippen molar-refractivity contribution in [1.82, 2.24) is 4.98 Å². The molecule has 66 valence electrons. The summed E-state index contributed by atoms with van der Waals surface area (Å²) in [6.07, 6.45) is 2.95. The van der Waals surface area contributed by atoms with Crippen LogP contribution in [0.15, 0.2) is 30.5 Å². The first-order valence-corrected chi connectivity index (χ1v) is 5.53. The van der Waals surface area contributed by atoms with Gasteiger partial charge < -0.3 is 0 Å². The predicted octanol–water partition coefficient (Wildman–Crippen LogP) is 3.35. The quantitative estimate of drug-likeness (QED) is 0.421. The molecule has 0 aliphatic heterocycles. The summed E-state index contributed by atoms with van der Waals surface area (Å²) in [4.78, 5) is 4.45. The Labute approximate surface area is 85.0 Å². The van der Waals surface area contributed by atoms with E-state index >= 15 is 0 Å². The molecule has 2 heteroatoms. The van der Waals surface area contributed by atoms with Crippen molar-refractivity contribution >= 4 is 31.5 Å². The Morgan fingerprint density at radius 3 is 3.00 bits per heavy atom. The fraction of sp³-hybridized carbons (Fsp3) is 0.0833. The second kappa shape index (κ2) is 2.15. The van der Waals surface area contributed by atoms with Crippen LogP contribution in [0.3, 0.4) is 0 Å². The number of benzene rings is 1. The van der Waals surface area contributed by atoms with Gasteiger partial charge in [0.05, 0.1) is 5.69 Å². The smallest absolute Gasteiger partial charge is 0.0540 e. The lowest BCUT2D eigenvalue weighted by Crippen LogP contribution is -1.84. The summed E-state index contributed by atoms with van der Waals surface area (Å²) in [6, 6.07) is 8.70. The predicted molar refractivity (Wildman–Crippen MR) is 59.9 cm³/mol. The minimum absolute atomic E-state index is 1.02. The number of rotatable bonds is 0. The topological polar surface area (TPSA) is 12.9 Å². The average Bonchev–Trinajstić information content (AvgIpc) is 2.74. The highest BCUT2D eigenvalue weighted by Gasteiger charge is 2.19. The summed E-state index contributed by atoms with van der Waals surface area (Å²) in [5.41, 5.74) is 2.71. The van der Waals surface area contributed by atoms with Crippen molar-refractivity contribution in [2.24, 2.45) is 0 Å². The summed E-state index contributed by atoms with van der Waals surface area (Å²) in [6.45, 7) is 0. The molecule has 0 bridgehead atoms. The minimum Gasteiger partial charge on any atom is -0.260 e. The van der Waals surface area contributed by atoms with Gasteiger partial charge in [0.2, 0.25) is 0 Å². The lowest BCUT2D eigenvalue weighted by Gasteiger charge is -1.95. The van der Waals surface area contributed by atoms with Gasteiger partial charge in [-0.15, -0.1) is 11.3 Å². The fourth-order valence-electron chi connectivity index (χ4n) is 2.36. The maximum Gasteiger partial charge on any atom is 0.0540 e. The van der Waals surface area contributed by atoms with Crippen LogP contribution in [-0.4, -0.2) is 4.98 Å². The molecule has 1 aromatic carbocycles. The third-order valence-electron chi connectivity index (χ3n) is 2.93. The van der Waals surface area contributed by atoms with Crippen LogP contribution in [-0.2, 0) is 6.42 Å². The number of hydrogen-bond donors (Lipinski definition) is 0. The van der Waals surface area contributed by atoms with Crippen molar-refractivity contribution in [2.75, 3.05) is 0 Å². The maximum atomic E-state index is 4.45. The van der Waals surface area contributed by atoms with Crippen LogP contribution in [0, 0.1) is 0 Å². The Morgan fingerprint density at radius 2 is 2.00 bits per heavy atom. The lowest BCUT2D eigenvalue weighted by molar-refractivity contribution is 1.13. The molecule has 4 rings (SSSR count). The van der Waals surface area contributed by atoms with Crippen LogP contribution < -0.4 is 0 Å². The van der Waals surface area contributed by atoms with E-state index in [1.54, 1.807) is 0 Å². The molecule has 0 amide bonds. The van der Waals surface area contributed by atoms with Crippen molar-refractivity contribution in [3.8, 4) is 0 Å². The van der Waals surface area contributed by atoms with Gasteiger partial charge in [-0.1, -0.05) is 12.1 Å². The highest BCUT2D eigenvalue weighted by Crippen LogP contribution is 2.42. The highest BCUT2D eigenvalue weighted by atomic mass is 32.1. The van der Waals surface area contributed by atoms with E-state index in [1.807, 2.05) is 17.5 Å². The molecule has 0 saturated carbocycles. The summed E-state index contributed by atoms with van der Waals surface area (Å²) < 4.78 is 2.79. The molecule has 1 aliphatic carbocycles. The molecule has 0 N–H and O–H groups in total. The molecular formula is C12H7NS. The molecule has 1 aliphatic rings. The van der Waals surface area contributed by atoms with Crippen LogP contribution in [0.4, 0.5) is 0 Å². The van der Waals surface area contributed by atoms with Crippen molar-refractivity contribution in [3.05, 3.63) is 41.7 Å². The van der Waals surface area contributed by atoms with E-state index in [9.17, 15) is 0 Å². The second-order valence-corrected chi connectivity index (χ2v) is 4.78. The van der Waals surface area contributed by atoms with Crippen molar-refractivity contribution in [1.29, 1.82) is 0 Å². The Bertz CT molecular complexity index is 610. The largest absolute Gasteiger partial charge is 0.260 e. The molecule has 2 heterocycles. The van der Waals surface area contributed by atoms with Crippen molar-refractivity contribution in [2.45, 2.75) is 6.42 Å². The van der Waals surface area contributed by atoms with E-state index in [-0.39, 0.29) is 0 Å². The highest BCUT2D eigenvalue weighted by molar-refractivity contribution is 7.25. The third kappa shape index (κ3) is 0.654. The van der Waals surface area contributed by atoms with Crippen LogP contribution in [0.25, 0.3) is 20.2 Å². The van der Waals surface area contributed by atoms with E-state index in [0.29, 0.717) is 0 Å². The summed E-state index contributed by atoms with van der Waals surface area (Å²) in [7, 11) is 0. The van der Waals surface area contributed by atoms with Gasteiger partial charge >= 0.3 is 0 Å². The van der Waals surface area contributed by atoms with E-state index in [1.165, 1.54) is 31.4 Å². The average molecular weight is 197 g/mol. The normalized spacial score (nSPS) is 13.4. The zero-order valence-corrected chi connectivity index (χ0v) is 8.27. The van der Waals surface area contributed by atoms with Gasteiger partial charge in [0.25, 0.3) is 0 Å². The molecule has 0 unspecified atom stereocenters. The Kier molecular flexibility index (Phi) is 1.07. The molecule has 3 aromatic rings. The standard InChI is InChI=1S/C12H7NS/c1-2-7-6-8-12-10(4-5-13-8)14-9(3-1)11(7)12/h1-5H,6H2. The SMILES string of the molecule is c1cc2c3c(c1)sc1ccnc(c13)C2. The van der Waals surface area contributed by atoms with Gasteiger partial charge in [-0.25, -0.2) is 0 Å². The van der Waals surface area contributed by atoms with Crippen LogP contribution in [0.1, 0.15) is 11.3 Å². The van der Waals surface area contributed by atoms with Gasteiger partial charge in [-0.2, -0.15) is 0 Å². The molecule has 0 spiro atoms. The summed E-state index contributed by atoms with van der Waals surface area (Å²) in [5, 5.41) is 2.86. The van der Waals surface area contributed by atoms with Crippen LogP contribution >= 0.6 is 11.3 Å². The van der Waals surface area contributed by atoms with Crippen molar-refractivity contribution in [3.63, 3.8) is 0 Å². The molecule has 2 aromatic heterocycles. The van der Waals surface area contributed by atoms with Crippen LogP contribution in [0.2, 0.25) is 0 Å². The molecule has 0 radical (unpaired) electrons. The molecule has 0 saturated heterocycles. The molecule has 1 nitrogen and oxygen atoms in total. The van der Waals surface area contributed by atoms with E-state index in [2.05, 4.69) is 29.2 Å². The lowest BCUT2D eigenvalue weighted by atomic mass is 10.1. The zero-order valence-electron chi connectivity index (χ0n) is 7.45. The first-order chi connectivity index (χ1) is 6.93. The fourth-order valence-corrected chi connectivity index (χ4v) is 3.53. The molecule has 0 atom stereocenters. The maximum absolute atomic E-state index is 4.45. The van der Waals surface area contributed by atoms with E-state index < -0.39 is 0 Å². The number of pyridine rings is 1. The number of thiophene rings is 1. The van der Waals surface area contributed by atoms with Gasteiger partial charge in [0.1, 0.15) is 0 Å². The minimum atomic E-state index is 1.02. The third-order valence-corrected chi connectivity index (χ3v) is 4.05. The van der Waals surface area contributed by atoms with E-state index in [4.69, 9.17) is 0 Å². The molecule has 14 heavy (non-hydrogen) atoms. The summed E-state index contributed by atoms with van der Waals surface area (Å²) in [5.74, 6) is 0. The van der Waals surface area contributed by atoms with E-state index in [0.717, 1.165) is 6.42 Å². The number of hydrogen-bond acceptors (Lipinski definition) is 2. The van der Waals surface area contributed by atoms with Gasteiger partial charge in [-0.3, -0.25) is 4.98 Å². The Balaban J connectivity index is 2.46. The van der Waals surface area contributed by atoms with Crippen molar-refractivity contribution < 1.29 is 0 Å². The molecular weight excluding hydrogens is 190 g/mol. The monoisotopic (exact) mass is 197 g/mol. The molecule has 0 fully saturated rings. The Morgan fingerprint density at radius 1 is 1.07 bits per heavy atom. The van der Waals surface area contributed by atoms with Gasteiger partial charge in [0.15, 0.2) is 0 Å². The van der Waals surface area contributed by atoms with Gasteiger partial charge in [-0.05, 0) is 17.7 Å². The summed E-state index contributed by atoms with van der Waals surface area (Å²) >= 11 is 1.88. The van der Waals surface area contributed by atoms with Gasteiger partial charge in [0, 0.05) is 32.8 Å². The zero-order chi connectivity index (χ0) is 9.12.